The lowest BCUT2D eigenvalue weighted by Gasteiger charge is -2.10. The third-order valence-corrected chi connectivity index (χ3v) is 4.58. The van der Waals surface area contributed by atoms with Crippen molar-refractivity contribution in [2.45, 2.75) is 26.4 Å². The Balaban J connectivity index is 0.000000604. The van der Waals surface area contributed by atoms with E-state index >= 15 is 0 Å². The van der Waals surface area contributed by atoms with Crippen molar-refractivity contribution in [2.24, 2.45) is 5.92 Å². The first-order valence-corrected chi connectivity index (χ1v) is 11.1. The summed E-state index contributed by atoms with van der Waals surface area (Å²) in [5.74, 6) is -2.28. The number of H-pyrrole nitrogens is 2. The van der Waals surface area contributed by atoms with E-state index in [4.69, 9.17) is 14.6 Å². The van der Waals surface area contributed by atoms with Crippen LogP contribution in [0.3, 0.4) is 0 Å². The van der Waals surface area contributed by atoms with Crippen molar-refractivity contribution in [2.75, 3.05) is 39.1 Å². The topological polar surface area (TPSA) is 148 Å². The van der Waals surface area contributed by atoms with Crippen molar-refractivity contribution < 1.29 is 37.0 Å². The zero-order valence-electron chi connectivity index (χ0n) is 20.7. The fourth-order valence-corrected chi connectivity index (χ4v) is 2.83. The Morgan fingerprint density at radius 2 is 1.92 bits per heavy atom. The Morgan fingerprint density at radius 3 is 2.51 bits per heavy atom. The van der Waals surface area contributed by atoms with Gasteiger partial charge in [-0.05, 0) is 26.4 Å². The first-order valence-electron chi connectivity index (χ1n) is 11.1. The lowest BCUT2D eigenvalue weighted by molar-refractivity contribution is -0.192. The maximum Gasteiger partial charge on any atom is 0.490 e. The molecule has 0 spiro atoms. The van der Waals surface area contributed by atoms with E-state index < -0.39 is 18.0 Å². The van der Waals surface area contributed by atoms with Crippen molar-refractivity contribution in [1.29, 1.82) is 0 Å². The molecule has 0 atom stereocenters. The van der Waals surface area contributed by atoms with Gasteiger partial charge in [-0.1, -0.05) is 13.8 Å². The maximum absolute atomic E-state index is 14.4. The molecule has 0 unspecified atom stereocenters. The number of nitrogens with one attached hydrogen (secondary N) is 4. The van der Waals surface area contributed by atoms with Crippen LogP contribution in [-0.4, -0.2) is 82.1 Å². The fourth-order valence-electron chi connectivity index (χ4n) is 2.83. The Bertz CT molecular complexity index is 1190. The minimum Gasteiger partial charge on any atom is -0.490 e. The van der Waals surface area contributed by atoms with Crippen LogP contribution in [0.15, 0.2) is 18.3 Å². The van der Waals surface area contributed by atoms with Gasteiger partial charge in [0, 0.05) is 25.2 Å². The van der Waals surface area contributed by atoms with Gasteiger partial charge in [0.25, 0.3) is 0 Å². The predicted molar refractivity (Wildman–Crippen MR) is 128 cm³/mol. The summed E-state index contributed by atoms with van der Waals surface area (Å²) >= 11 is 0. The molecule has 0 aliphatic rings. The van der Waals surface area contributed by atoms with Gasteiger partial charge in [-0.25, -0.2) is 19.0 Å². The highest BCUT2D eigenvalue weighted by atomic mass is 19.4. The van der Waals surface area contributed by atoms with Gasteiger partial charge >= 0.3 is 18.2 Å². The second-order valence-corrected chi connectivity index (χ2v) is 8.58. The molecular formula is C22H29F4N7O4. The second kappa shape index (κ2) is 12.9. The summed E-state index contributed by atoms with van der Waals surface area (Å²) in [6, 6.07) is 2.59. The molecule has 204 valence electrons. The summed E-state index contributed by atoms with van der Waals surface area (Å²) in [7, 11) is 3.95. The number of imidazole rings is 1. The number of aliphatic carboxylic acids is 1. The van der Waals surface area contributed by atoms with Crippen LogP contribution in [0.1, 0.15) is 20.3 Å². The number of halogens is 4. The predicted octanol–water partition coefficient (Wildman–Crippen LogP) is 3.83. The van der Waals surface area contributed by atoms with Gasteiger partial charge in [0.1, 0.15) is 5.69 Å². The van der Waals surface area contributed by atoms with Gasteiger partial charge in [0.15, 0.2) is 17.4 Å². The van der Waals surface area contributed by atoms with E-state index in [2.05, 4.69) is 30.8 Å². The molecule has 37 heavy (non-hydrogen) atoms. The van der Waals surface area contributed by atoms with Crippen LogP contribution in [-0.2, 0) is 4.79 Å². The second-order valence-electron chi connectivity index (χ2n) is 8.58. The Kier molecular flexibility index (Phi) is 10.2. The van der Waals surface area contributed by atoms with Gasteiger partial charge in [-0.2, -0.15) is 18.3 Å². The highest BCUT2D eigenvalue weighted by Crippen LogP contribution is 2.29. The van der Waals surface area contributed by atoms with Crippen LogP contribution in [0.2, 0.25) is 0 Å². The van der Waals surface area contributed by atoms with Crippen molar-refractivity contribution in [3.8, 4) is 17.3 Å². The van der Waals surface area contributed by atoms with Crippen LogP contribution < -0.4 is 15.4 Å². The normalized spacial score (nSPS) is 11.4. The summed E-state index contributed by atoms with van der Waals surface area (Å²) in [5.41, 5.74) is 2.04. The van der Waals surface area contributed by atoms with Crippen molar-refractivity contribution in [1.82, 2.24) is 30.4 Å². The SMILES string of the molecule is CC(C)CNC(=O)Nc1cn[nH]c1-c1nc2cc(OCCCN(C)C)c(F)cc2[nH]1.O=C(O)C(F)(F)F. The first kappa shape index (κ1) is 29.4. The van der Waals surface area contributed by atoms with Gasteiger partial charge in [-0.15, -0.1) is 0 Å². The van der Waals surface area contributed by atoms with E-state index in [1.165, 1.54) is 12.3 Å². The summed E-state index contributed by atoms with van der Waals surface area (Å²) in [4.78, 5) is 30.6. The maximum atomic E-state index is 14.4. The molecule has 0 aliphatic carbocycles. The standard InChI is InChI=1S/C20H28FN7O2.C2HF3O2/c1-12(2)10-22-20(29)26-16-11-23-27-18(16)19-24-14-8-13(21)17(9-15(14)25-19)30-7-5-6-28(3)4;3-2(4,5)1(6)7/h8-9,11-12H,5-7,10H2,1-4H3,(H,23,27)(H,24,25)(H2,22,26,29);(H,6,7). The number of aromatic nitrogens is 4. The number of carbonyl (C=O) groups excluding carboxylic acids is 1. The zero-order valence-corrected chi connectivity index (χ0v) is 20.7. The number of rotatable bonds is 9. The lowest BCUT2D eigenvalue weighted by Crippen LogP contribution is -2.31. The smallest absolute Gasteiger partial charge is 0.490 e. The average Bonchev–Trinajstić information content (AvgIpc) is 3.41. The number of nitrogens with zero attached hydrogens (tertiary/aromatic N) is 3. The number of benzene rings is 1. The molecule has 0 saturated carbocycles. The van der Waals surface area contributed by atoms with E-state index in [1.54, 1.807) is 6.07 Å². The number of aromatic amines is 2. The number of carboxylic acids is 1. The minimum absolute atomic E-state index is 0.162. The summed E-state index contributed by atoms with van der Waals surface area (Å²) in [5, 5.41) is 19.5. The molecule has 2 amide bonds. The number of carboxylic acid groups (broad SMARTS) is 1. The van der Waals surface area contributed by atoms with E-state index in [9.17, 15) is 22.4 Å². The first-order chi connectivity index (χ1) is 17.3. The lowest BCUT2D eigenvalue weighted by atomic mass is 10.2. The molecule has 11 nitrogen and oxygen atoms in total. The van der Waals surface area contributed by atoms with Crippen LogP contribution in [0.25, 0.3) is 22.6 Å². The van der Waals surface area contributed by atoms with E-state index in [0.717, 1.165) is 13.0 Å². The van der Waals surface area contributed by atoms with Gasteiger partial charge in [-0.3, -0.25) is 5.10 Å². The molecule has 3 rings (SSSR count). The number of anilines is 1. The highest BCUT2D eigenvalue weighted by molar-refractivity contribution is 5.93. The number of hydrogen-bond donors (Lipinski definition) is 5. The molecule has 0 radical (unpaired) electrons. The molecule has 2 aromatic heterocycles. The number of alkyl halides is 3. The molecule has 15 heteroatoms. The monoisotopic (exact) mass is 531 g/mol. The van der Waals surface area contributed by atoms with Crippen LogP contribution in [0, 0.1) is 11.7 Å². The van der Waals surface area contributed by atoms with E-state index in [1.807, 2.05) is 32.8 Å². The number of carbonyl (C=O) groups is 2. The van der Waals surface area contributed by atoms with E-state index in [0.29, 0.717) is 47.3 Å². The molecular weight excluding hydrogens is 502 g/mol. The molecule has 0 aliphatic heterocycles. The average molecular weight is 532 g/mol. The molecule has 0 saturated heterocycles. The fraction of sp³-hybridized carbons (Fsp3) is 0.455. The largest absolute Gasteiger partial charge is 0.490 e. The van der Waals surface area contributed by atoms with Crippen LogP contribution in [0.5, 0.6) is 5.75 Å². The third-order valence-electron chi connectivity index (χ3n) is 4.58. The number of amides is 2. The van der Waals surface area contributed by atoms with Gasteiger partial charge in [0.05, 0.1) is 29.5 Å². The van der Waals surface area contributed by atoms with Crippen molar-refractivity contribution in [3.63, 3.8) is 0 Å². The molecule has 2 heterocycles. The Hall–Kier alpha value is -3.88. The van der Waals surface area contributed by atoms with Crippen molar-refractivity contribution >= 4 is 28.7 Å². The minimum atomic E-state index is -5.08. The van der Waals surface area contributed by atoms with Crippen LogP contribution in [0.4, 0.5) is 28.0 Å². The highest BCUT2D eigenvalue weighted by Gasteiger charge is 2.38. The Labute approximate surface area is 209 Å². The quantitative estimate of drug-likeness (QED) is 0.208. The molecule has 5 N–H and O–H groups in total. The summed E-state index contributed by atoms with van der Waals surface area (Å²) in [6.45, 7) is 5.85. The van der Waals surface area contributed by atoms with Gasteiger partial charge < -0.3 is 30.4 Å². The number of hydrogen-bond acceptors (Lipinski definition) is 6. The molecule has 3 aromatic rings. The van der Waals surface area contributed by atoms with Gasteiger partial charge in [0.2, 0.25) is 0 Å². The van der Waals surface area contributed by atoms with Crippen molar-refractivity contribution in [3.05, 3.63) is 24.1 Å². The molecule has 0 bridgehead atoms. The molecule has 1 aromatic carbocycles. The zero-order chi connectivity index (χ0) is 27.8. The Morgan fingerprint density at radius 1 is 1.24 bits per heavy atom. The number of urea groups is 1. The third kappa shape index (κ3) is 9.25. The summed E-state index contributed by atoms with van der Waals surface area (Å²) < 4.78 is 51.7. The number of ether oxygens (including phenoxy) is 1. The molecule has 0 fully saturated rings. The number of fused-ring (bicyclic) bond motifs is 1. The van der Waals surface area contributed by atoms with Crippen LogP contribution >= 0.6 is 0 Å². The van der Waals surface area contributed by atoms with E-state index in [-0.39, 0.29) is 11.8 Å². The summed E-state index contributed by atoms with van der Waals surface area (Å²) in [6.07, 6.45) is -2.80.